The second-order valence-electron chi connectivity index (χ2n) is 8.96. The first-order chi connectivity index (χ1) is 17.2. The molecule has 1 aliphatic carbocycles. The normalized spacial score (nSPS) is 19.6. The zero-order valence-corrected chi connectivity index (χ0v) is 20.1. The molecule has 0 spiro atoms. The molecule has 1 amide bonds. The Bertz CT molecular complexity index is 1150. The number of rotatable bonds is 11. The minimum Gasteiger partial charge on any atom is -0.504 e. The van der Waals surface area contributed by atoms with Crippen LogP contribution in [0.25, 0.3) is 0 Å². The van der Waals surface area contributed by atoms with Crippen molar-refractivity contribution in [2.45, 2.75) is 24.9 Å². The number of hydrogen-bond acceptors (Lipinski definition) is 9. The molecule has 1 aliphatic heterocycles. The van der Waals surface area contributed by atoms with Gasteiger partial charge in [0, 0.05) is 30.0 Å². The summed E-state index contributed by atoms with van der Waals surface area (Å²) in [6.45, 7) is 7.31. The van der Waals surface area contributed by atoms with Gasteiger partial charge in [0.05, 0.1) is 33.0 Å². The smallest absolute Gasteiger partial charge is 0.246 e. The minimum absolute atomic E-state index is 0.0941. The number of nitrogens with one attached hydrogen (secondary N) is 1. The SMILES string of the molecule is C=C(C)C(=O)NCCOCCOCCOC12COc3c(ccc(O)c3O)C1c1cc(O)c(O)cc1C2. The summed E-state index contributed by atoms with van der Waals surface area (Å²) in [6.07, 6.45) is 0.418. The minimum atomic E-state index is -0.847. The lowest BCUT2D eigenvalue weighted by Gasteiger charge is -2.40. The lowest BCUT2D eigenvalue weighted by atomic mass is 9.80. The third-order valence-electron chi connectivity index (χ3n) is 6.38. The molecular weight excluding hydrogens is 470 g/mol. The fraction of sp³-hybridized carbons (Fsp3) is 0.423. The highest BCUT2D eigenvalue weighted by Gasteiger charge is 2.53. The fourth-order valence-electron chi connectivity index (χ4n) is 4.69. The van der Waals surface area contributed by atoms with E-state index in [-0.39, 0.29) is 47.9 Å². The molecule has 0 saturated heterocycles. The molecule has 4 rings (SSSR count). The van der Waals surface area contributed by atoms with Gasteiger partial charge in [0.15, 0.2) is 23.0 Å². The van der Waals surface area contributed by atoms with Gasteiger partial charge >= 0.3 is 0 Å². The molecule has 2 atom stereocenters. The van der Waals surface area contributed by atoms with Crippen molar-refractivity contribution in [1.29, 1.82) is 0 Å². The van der Waals surface area contributed by atoms with Crippen molar-refractivity contribution < 1.29 is 44.2 Å². The Kier molecular flexibility index (Phi) is 7.58. The topological polar surface area (TPSA) is 147 Å². The maximum absolute atomic E-state index is 11.4. The van der Waals surface area contributed by atoms with Gasteiger partial charge in [0.25, 0.3) is 0 Å². The highest BCUT2D eigenvalue weighted by molar-refractivity contribution is 5.92. The lowest BCUT2D eigenvalue weighted by molar-refractivity contribution is -0.117. The number of ether oxygens (including phenoxy) is 4. The van der Waals surface area contributed by atoms with Crippen LogP contribution >= 0.6 is 0 Å². The van der Waals surface area contributed by atoms with Crippen LogP contribution in [0.15, 0.2) is 36.4 Å². The predicted octanol–water partition coefficient (Wildman–Crippen LogP) is 2.07. The molecule has 10 nitrogen and oxygen atoms in total. The van der Waals surface area contributed by atoms with Crippen molar-refractivity contribution in [3.05, 3.63) is 53.1 Å². The summed E-state index contributed by atoms with van der Waals surface area (Å²) in [5.41, 5.74) is 1.77. The first-order valence-corrected chi connectivity index (χ1v) is 11.7. The Balaban J connectivity index is 1.34. The van der Waals surface area contributed by atoms with E-state index in [2.05, 4.69) is 11.9 Å². The first kappa shape index (κ1) is 25.6. The van der Waals surface area contributed by atoms with Crippen LogP contribution in [0.3, 0.4) is 0 Å². The van der Waals surface area contributed by atoms with Crippen LogP contribution in [0, 0.1) is 0 Å². The lowest BCUT2D eigenvalue weighted by Crippen LogP contribution is -2.47. The number of carbonyl (C=O) groups is 1. The number of aromatic hydroxyl groups is 4. The van der Waals surface area contributed by atoms with Gasteiger partial charge in [-0.05, 0) is 36.2 Å². The number of carbonyl (C=O) groups excluding carboxylic acids is 1. The largest absolute Gasteiger partial charge is 0.504 e. The van der Waals surface area contributed by atoms with Crippen molar-refractivity contribution in [2.24, 2.45) is 0 Å². The van der Waals surface area contributed by atoms with E-state index in [1.54, 1.807) is 13.0 Å². The van der Waals surface area contributed by atoms with E-state index >= 15 is 0 Å². The van der Waals surface area contributed by atoms with E-state index in [1.165, 1.54) is 18.2 Å². The maximum atomic E-state index is 11.4. The van der Waals surface area contributed by atoms with E-state index in [1.807, 2.05) is 0 Å². The van der Waals surface area contributed by atoms with E-state index in [9.17, 15) is 25.2 Å². The quantitative estimate of drug-likeness (QED) is 0.177. The summed E-state index contributed by atoms with van der Waals surface area (Å²) in [5.74, 6) is -1.53. The molecule has 2 aromatic carbocycles. The number of amides is 1. The summed E-state index contributed by atoms with van der Waals surface area (Å²) >= 11 is 0. The van der Waals surface area contributed by atoms with E-state index in [4.69, 9.17) is 18.9 Å². The van der Waals surface area contributed by atoms with Gasteiger partial charge in [-0.2, -0.15) is 0 Å². The number of phenols is 4. The van der Waals surface area contributed by atoms with Gasteiger partial charge in [-0.3, -0.25) is 4.79 Å². The molecule has 0 radical (unpaired) electrons. The molecule has 5 N–H and O–H groups in total. The van der Waals surface area contributed by atoms with E-state index in [0.717, 1.165) is 11.1 Å². The Hall–Kier alpha value is -3.47. The van der Waals surface area contributed by atoms with Gasteiger partial charge in [0.1, 0.15) is 12.2 Å². The van der Waals surface area contributed by atoms with Crippen molar-refractivity contribution in [2.75, 3.05) is 46.2 Å². The van der Waals surface area contributed by atoms with Crippen molar-refractivity contribution in [3.8, 4) is 28.7 Å². The summed E-state index contributed by atoms with van der Waals surface area (Å²) in [6, 6.07) is 6.07. The summed E-state index contributed by atoms with van der Waals surface area (Å²) in [4.78, 5) is 11.4. The van der Waals surface area contributed by atoms with Crippen LogP contribution < -0.4 is 10.1 Å². The molecule has 0 saturated carbocycles. The molecular formula is C26H31NO9. The Labute approximate surface area is 208 Å². The van der Waals surface area contributed by atoms with Gasteiger partial charge in [-0.15, -0.1) is 0 Å². The first-order valence-electron chi connectivity index (χ1n) is 11.7. The van der Waals surface area contributed by atoms with Crippen LogP contribution in [0.5, 0.6) is 28.7 Å². The van der Waals surface area contributed by atoms with Gasteiger partial charge in [0.2, 0.25) is 11.7 Å². The molecule has 0 bridgehead atoms. The average Bonchev–Trinajstić information content (AvgIpc) is 3.16. The second-order valence-corrected chi connectivity index (χ2v) is 8.96. The zero-order chi connectivity index (χ0) is 25.9. The third-order valence-corrected chi connectivity index (χ3v) is 6.38. The standard InChI is InChI=1S/C26H31NO9/c1-15(2)25(32)27-5-6-33-7-8-34-9-10-36-26-13-16-11-20(29)21(30)12-18(16)22(26)17-3-4-19(28)23(31)24(17)35-14-26/h3-4,11-12,22,28-31H,1,5-10,13-14H2,2H3,(H,27,32). The van der Waals surface area contributed by atoms with Crippen molar-refractivity contribution in [1.82, 2.24) is 5.32 Å². The van der Waals surface area contributed by atoms with Crippen LogP contribution in [-0.4, -0.2) is 78.1 Å². The molecule has 0 aromatic heterocycles. The molecule has 10 heteroatoms. The molecule has 2 unspecified atom stereocenters. The molecule has 2 aromatic rings. The van der Waals surface area contributed by atoms with E-state index < -0.39 is 11.5 Å². The summed E-state index contributed by atoms with van der Waals surface area (Å²) in [7, 11) is 0. The molecule has 36 heavy (non-hydrogen) atoms. The van der Waals surface area contributed by atoms with Crippen molar-refractivity contribution in [3.63, 3.8) is 0 Å². The van der Waals surface area contributed by atoms with E-state index in [0.29, 0.717) is 50.5 Å². The molecule has 194 valence electrons. The van der Waals surface area contributed by atoms with Crippen molar-refractivity contribution >= 4 is 5.91 Å². The van der Waals surface area contributed by atoms with Crippen LogP contribution in [0.1, 0.15) is 29.5 Å². The molecule has 0 fully saturated rings. The van der Waals surface area contributed by atoms with Crippen LogP contribution in [0.4, 0.5) is 0 Å². The second kappa shape index (κ2) is 10.7. The van der Waals surface area contributed by atoms with Crippen LogP contribution in [-0.2, 0) is 25.4 Å². The Morgan fingerprint density at radius 1 is 1.03 bits per heavy atom. The monoisotopic (exact) mass is 501 g/mol. The molecule has 2 aliphatic rings. The highest BCUT2D eigenvalue weighted by Crippen LogP contribution is 2.57. The Morgan fingerprint density at radius 3 is 2.47 bits per heavy atom. The Morgan fingerprint density at radius 2 is 1.72 bits per heavy atom. The summed E-state index contributed by atoms with van der Waals surface area (Å²) < 4.78 is 23.2. The predicted molar refractivity (Wildman–Crippen MR) is 129 cm³/mol. The highest BCUT2D eigenvalue weighted by atomic mass is 16.6. The van der Waals surface area contributed by atoms with Gasteiger partial charge in [-0.1, -0.05) is 12.6 Å². The zero-order valence-electron chi connectivity index (χ0n) is 20.1. The average molecular weight is 502 g/mol. The number of hydrogen-bond donors (Lipinski definition) is 5. The van der Waals surface area contributed by atoms with Crippen LogP contribution in [0.2, 0.25) is 0 Å². The number of fused-ring (bicyclic) bond motifs is 5. The van der Waals surface area contributed by atoms with Gasteiger partial charge in [-0.25, -0.2) is 0 Å². The fourth-order valence-corrected chi connectivity index (χ4v) is 4.69. The number of phenolic OH excluding ortho intramolecular Hbond substituents is 4. The maximum Gasteiger partial charge on any atom is 0.246 e. The van der Waals surface area contributed by atoms with Gasteiger partial charge < -0.3 is 44.7 Å². The molecule has 1 heterocycles. The number of benzene rings is 2. The third kappa shape index (κ3) is 5.06. The summed E-state index contributed by atoms with van der Waals surface area (Å²) in [5, 5.41) is 43.1.